The number of likely N-dealkylation sites (tertiary alicyclic amines) is 1. The van der Waals surface area contributed by atoms with E-state index in [9.17, 15) is 5.11 Å². The maximum absolute atomic E-state index is 10.3. The van der Waals surface area contributed by atoms with E-state index < -0.39 is 0 Å². The number of nitrogens with zero attached hydrogens (tertiary/aromatic N) is 1. The summed E-state index contributed by atoms with van der Waals surface area (Å²) in [6, 6.07) is 0. The third-order valence-electron chi connectivity index (χ3n) is 5.11. The molecule has 0 aromatic carbocycles. The van der Waals surface area contributed by atoms with E-state index in [1.807, 2.05) is 0 Å². The maximum atomic E-state index is 10.3. The summed E-state index contributed by atoms with van der Waals surface area (Å²) in [5.74, 6) is 1.33. The van der Waals surface area contributed by atoms with Crippen molar-refractivity contribution in [1.29, 1.82) is 0 Å². The van der Waals surface area contributed by atoms with Crippen molar-refractivity contribution in [3.63, 3.8) is 0 Å². The molecule has 118 valence electrons. The van der Waals surface area contributed by atoms with Crippen LogP contribution in [0.3, 0.4) is 0 Å². The van der Waals surface area contributed by atoms with Gasteiger partial charge in [-0.3, -0.25) is 0 Å². The molecule has 1 aliphatic carbocycles. The third kappa shape index (κ3) is 4.71. The Kier molecular flexibility index (Phi) is 6.79. The molecule has 0 bridgehead atoms. The van der Waals surface area contributed by atoms with Crippen LogP contribution in [-0.4, -0.2) is 48.5 Å². The Morgan fingerprint density at radius 3 is 2.80 bits per heavy atom. The number of aliphatic hydroxyl groups is 1. The first kappa shape index (κ1) is 16.3. The van der Waals surface area contributed by atoms with Gasteiger partial charge < -0.3 is 14.7 Å². The Morgan fingerprint density at radius 1 is 1.20 bits per heavy atom. The van der Waals surface area contributed by atoms with Crippen molar-refractivity contribution in [3.8, 4) is 0 Å². The lowest BCUT2D eigenvalue weighted by Gasteiger charge is -2.39. The predicted molar refractivity (Wildman–Crippen MR) is 82.8 cm³/mol. The van der Waals surface area contributed by atoms with E-state index in [0.29, 0.717) is 12.0 Å². The fourth-order valence-electron chi connectivity index (χ4n) is 4.09. The average molecular weight is 283 g/mol. The molecule has 4 atom stereocenters. The van der Waals surface area contributed by atoms with Gasteiger partial charge in [0.25, 0.3) is 0 Å². The van der Waals surface area contributed by atoms with Crippen molar-refractivity contribution < 1.29 is 9.84 Å². The molecule has 0 aromatic rings. The molecule has 4 unspecified atom stereocenters. The summed E-state index contributed by atoms with van der Waals surface area (Å²) in [6.45, 7) is 8.51. The van der Waals surface area contributed by atoms with Crippen LogP contribution >= 0.6 is 0 Å². The highest BCUT2D eigenvalue weighted by molar-refractivity contribution is 4.84. The number of aliphatic hydroxyl groups excluding tert-OH is 1. The second-order valence-electron chi connectivity index (χ2n) is 6.77. The summed E-state index contributed by atoms with van der Waals surface area (Å²) < 4.78 is 5.78. The summed E-state index contributed by atoms with van der Waals surface area (Å²) >= 11 is 0. The first-order valence-electron chi connectivity index (χ1n) is 8.74. The van der Waals surface area contributed by atoms with Gasteiger partial charge in [-0.25, -0.2) is 0 Å². The third-order valence-corrected chi connectivity index (χ3v) is 5.11. The van der Waals surface area contributed by atoms with E-state index in [-0.39, 0.29) is 6.10 Å². The Bertz CT molecular complexity index is 270. The van der Waals surface area contributed by atoms with Crippen molar-refractivity contribution in [2.75, 3.05) is 26.2 Å². The smallest absolute Gasteiger partial charge is 0.0702 e. The van der Waals surface area contributed by atoms with Crippen LogP contribution in [0.1, 0.15) is 58.8 Å². The lowest BCUT2D eigenvalue weighted by molar-refractivity contribution is -0.0196. The van der Waals surface area contributed by atoms with Crippen molar-refractivity contribution in [2.24, 2.45) is 11.8 Å². The van der Waals surface area contributed by atoms with E-state index in [1.54, 1.807) is 0 Å². The molecule has 20 heavy (non-hydrogen) atoms. The highest BCUT2D eigenvalue weighted by Gasteiger charge is 2.31. The predicted octanol–water partition coefficient (Wildman–Crippen LogP) is 3.06. The van der Waals surface area contributed by atoms with Gasteiger partial charge in [-0.05, 0) is 57.4 Å². The van der Waals surface area contributed by atoms with Crippen LogP contribution in [0.5, 0.6) is 0 Å². The first-order valence-corrected chi connectivity index (χ1v) is 8.74. The lowest BCUT2D eigenvalue weighted by atomic mass is 9.77. The second kappa shape index (κ2) is 8.35. The largest absolute Gasteiger partial charge is 0.393 e. The van der Waals surface area contributed by atoms with Crippen molar-refractivity contribution in [1.82, 2.24) is 4.90 Å². The minimum atomic E-state index is -0.0735. The van der Waals surface area contributed by atoms with Crippen LogP contribution in [0.25, 0.3) is 0 Å². The van der Waals surface area contributed by atoms with E-state index in [2.05, 4.69) is 18.7 Å². The molecule has 3 heteroatoms. The van der Waals surface area contributed by atoms with Crippen LogP contribution in [0.15, 0.2) is 0 Å². The van der Waals surface area contributed by atoms with Crippen LogP contribution < -0.4 is 0 Å². The van der Waals surface area contributed by atoms with Crippen molar-refractivity contribution >= 4 is 0 Å². The number of hydrogen-bond donors (Lipinski definition) is 1. The van der Waals surface area contributed by atoms with Gasteiger partial charge in [0.1, 0.15) is 0 Å². The Morgan fingerprint density at radius 2 is 2.05 bits per heavy atom. The molecule has 0 spiro atoms. The minimum Gasteiger partial charge on any atom is -0.393 e. The van der Waals surface area contributed by atoms with E-state index in [0.717, 1.165) is 32.0 Å². The summed E-state index contributed by atoms with van der Waals surface area (Å²) in [4.78, 5) is 2.53. The molecule has 0 amide bonds. The summed E-state index contributed by atoms with van der Waals surface area (Å²) in [5.41, 5.74) is 0. The standard InChI is InChI=1S/C17H33NO2/c1-3-6-14-8-9-17(19)15(11-14)12-18-10-5-7-16(13-18)20-4-2/h14-17,19H,3-13H2,1-2H3. The van der Waals surface area contributed by atoms with Gasteiger partial charge in [0.2, 0.25) is 0 Å². The molecule has 0 radical (unpaired) electrons. The van der Waals surface area contributed by atoms with Gasteiger partial charge >= 0.3 is 0 Å². The molecule has 1 saturated carbocycles. The first-order chi connectivity index (χ1) is 9.72. The molecule has 2 aliphatic rings. The van der Waals surface area contributed by atoms with E-state index in [4.69, 9.17) is 4.74 Å². The normalized spacial score (nSPS) is 36.1. The maximum Gasteiger partial charge on any atom is 0.0702 e. The molecule has 3 nitrogen and oxygen atoms in total. The summed E-state index contributed by atoms with van der Waals surface area (Å²) in [5, 5.41) is 10.3. The van der Waals surface area contributed by atoms with Gasteiger partial charge in [-0.1, -0.05) is 19.8 Å². The topological polar surface area (TPSA) is 32.7 Å². The van der Waals surface area contributed by atoms with Crippen LogP contribution in [0.4, 0.5) is 0 Å². The number of ether oxygens (including phenoxy) is 1. The number of hydrogen-bond acceptors (Lipinski definition) is 3. The number of rotatable bonds is 6. The SMILES string of the molecule is CCCC1CCC(O)C(CN2CCCC(OCC)C2)C1. The second-order valence-corrected chi connectivity index (χ2v) is 6.77. The summed E-state index contributed by atoms with van der Waals surface area (Å²) in [7, 11) is 0. The quantitative estimate of drug-likeness (QED) is 0.813. The van der Waals surface area contributed by atoms with Gasteiger partial charge in [0, 0.05) is 19.7 Å². The Hall–Kier alpha value is -0.120. The molecule has 1 saturated heterocycles. The highest BCUT2D eigenvalue weighted by atomic mass is 16.5. The van der Waals surface area contributed by atoms with Gasteiger partial charge in [-0.2, -0.15) is 0 Å². The number of piperidine rings is 1. The fraction of sp³-hybridized carbons (Fsp3) is 1.00. The molecule has 2 rings (SSSR count). The monoisotopic (exact) mass is 283 g/mol. The van der Waals surface area contributed by atoms with Crippen LogP contribution in [-0.2, 0) is 4.74 Å². The van der Waals surface area contributed by atoms with Gasteiger partial charge in [-0.15, -0.1) is 0 Å². The fourth-order valence-corrected chi connectivity index (χ4v) is 4.09. The average Bonchev–Trinajstić information content (AvgIpc) is 2.44. The molecular formula is C17H33NO2. The van der Waals surface area contributed by atoms with E-state index in [1.165, 1.54) is 45.1 Å². The molecule has 0 aromatic heterocycles. The molecule has 1 N–H and O–H groups in total. The summed E-state index contributed by atoms with van der Waals surface area (Å²) in [6.07, 6.45) is 8.88. The molecule has 1 heterocycles. The zero-order valence-electron chi connectivity index (χ0n) is 13.4. The highest BCUT2D eigenvalue weighted by Crippen LogP contribution is 2.33. The van der Waals surface area contributed by atoms with E-state index >= 15 is 0 Å². The van der Waals surface area contributed by atoms with Crippen molar-refractivity contribution in [2.45, 2.75) is 71.0 Å². The zero-order valence-corrected chi connectivity index (χ0v) is 13.4. The van der Waals surface area contributed by atoms with Crippen molar-refractivity contribution in [3.05, 3.63) is 0 Å². The Balaban J connectivity index is 1.80. The minimum absolute atomic E-state index is 0.0735. The van der Waals surface area contributed by atoms with Crippen LogP contribution in [0, 0.1) is 11.8 Å². The lowest BCUT2D eigenvalue weighted by Crippen LogP contribution is -2.45. The van der Waals surface area contributed by atoms with Gasteiger partial charge in [0.15, 0.2) is 0 Å². The molecular weight excluding hydrogens is 250 g/mol. The van der Waals surface area contributed by atoms with Crippen LogP contribution in [0.2, 0.25) is 0 Å². The Labute approximate surface area is 124 Å². The van der Waals surface area contributed by atoms with Gasteiger partial charge in [0.05, 0.1) is 12.2 Å². The molecule has 1 aliphatic heterocycles. The molecule has 2 fully saturated rings. The zero-order chi connectivity index (χ0) is 14.4.